The Labute approximate surface area is 146 Å². The minimum Gasteiger partial charge on any atom is -0.357 e. The van der Waals surface area contributed by atoms with Crippen molar-refractivity contribution in [2.24, 2.45) is 4.99 Å². The fraction of sp³-hybridized carbons (Fsp3) is 0.500. The van der Waals surface area contributed by atoms with Crippen LogP contribution in [0.15, 0.2) is 27.7 Å². The summed E-state index contributed by atoms with van der Waals surface area (Å²) >= 11 is 3.25. The number of hydrogen-bond donors (Lipinski definition) is 1. The normalized spacial score (nSPS) is 10.9. The van der Waals surface area contributed by atoms with Crippen molar-refractivity contribution in [3.05, 3.63) is 34.1 Å². The van der Waals surface area contributed by atoms with E-state index in [9.17, 15) is 4.39 Å². The molecular weight excluding hydrogens is 436 g/mol. The van der Waals surface area contributed by atoms with Crippen LogP contribution in [0.25, 0.3) is 0 Å². The Bertz CT molecular complexity index is 438. The lowest BCUT2D eigenvalue weighted by Gasteiger charge is -2.16. The standard InChI is InChI=1S/C14H21BrFN3.HI/c1-4-17-14(19(2)3)18-9-5-6-11-7-8-12(15)10-13(11)16;/h7-8,10H,4-6,9H2,1-3H3,(H,17,18);1H. The predicted molar refractivity (Wildman–Crippen MR) is 97.5 cm³/mol. The second-order valence-corrected chi connectivity index (χ2v) is 5.39. The van der Waals surface area contributed by atoms with Crippen LogP contribution in [-0.2, 0) is 6.42 Å². The number of nitrogens with one attached hydrogen (secondary N) is 1. The third-order valence-corrected chi connectivity index (χ3v) is 3.13. The van der Waals surface area contributed by atoms with E-state index >= 15 is 0 Å². The van der Waals surface area contributed by atoms with Crippen LogP contribution >= 0.6 is 39.9 Å². The van der Waals surface area contributed by atoms with Gasteiger partial charge in [0.1, 0.15) is 5.82 Å². The smallest absolute Gasteiger partial charge is 0.193 e. The summed E-state index contributed by atoms with van der Waals surface area (Å²) in [6.07, 6.45) is 1.54. The summed E-state index contributed by atoms with van der Waals surface area (Å²) in [4.78, 5) is 6.42. The van der Waals surface area contributed by atoms with E-state index in [0.29, 0.717) is 13.0 Å². The van der Waals surface area contributed by atoms with Gasteiger partial charge in [0.15, 0.2) is 5.96 Å². The lowest BCUT2D eigenvalue weighted by molar-refractivity contribution is 0.580. The Kier molecular flexibility index (Phi) is 10.2. The molecule has 0 aliphatic carbocycles. The molecule has 0 aromatic heterocycles. The van der Waals surface area contributed by atoms with Gasteiger partial charge in [0.25, 0.3) is 0 Å². The van der Waals surface area contributed by atoms with Gasteiger partial charge in [0.05, 0.1) is 0 Å². The van der Waals surface area contributed by atoms with Crippen molar-refractivity contribution in [1.29, 1.82) is 0 Å². The zero-order chi connectivity index (χ0) is 14.3. The molecule has 0 saturated carbocycles. The van der Waals surface area contributed by atoms with Crippen LogP contribution in [0.3, 0.4) is 0 Å². The highest BCUT2D eigenvalue weighted by Crippen LogP contribution is 2.16. The maximum Gasteiger partial charge on any atom is 0.193 e. The van der Waals surface area contributed by atoms with Crippen LogP contribution in [0, 0.1) is 5.82 Å². The number of halogens is 3. The molecule has 1 aromatic carbocycles. The van der Waals surface area contributed by atoms with Crippen molar-refractivity contribution in [2.45, 2.75) is 19.8 Å². The highest BCUT2D eigenvalue weighted by molar-refractivity contribution is 14.0. The Hall–Kier alpha value is -0.370. The number of aryl methyl sites for hydroxylation is 1. The summed E-state index contributed by atoms with van der Waals surface area (Å²) in [6, 6.07) is 5.19. The zero-order valence-corrected chi connectivity index (χ0v) is 16.0. The molecule has 0 saturated heterocycles. The molecule has 1 aromatic rings. The molecule has 1 N–H and O–H groups in total. The molecule has 0 spiro atoms. The van der Waals surface area contributed by atoms with Gasteiger partial charge in [-0.25, -0.2) is 4.39 Å². The van der Waals surface area contributed by atoms with Crippen molar-refractivity contribution in [3.63, 3.8) is 0 Å². The first-order chi connectivity index (χ1) is 9.04. The van der Waals surface area contributed by atoms with E-state index in [1.165, 1.54) is 6.07 Å². The summed E-state index contributed by atoms with van der Waals surface area (Å²) < 4.78 is 14.4. The maximum absolute atomic E-state index is 13.6. The Morgan fingerprint density at radius 1 is 1.40 bits per heavy atom. The summed E-state index contributed by atoms with van der Waals surface area (Å²) in [6.45, 7) is 3.57. The van der Waals surface area contributed by atoms with Crippen LogP contribution < -0.4 is 5.32 Å². The van der Waals surface area contributed by atoms with Gasteiger partial charge in [0, 0.05) is 31.7 Å². The third kappa shape index (κ3) is 6.88. The predicted octanol–water partition coefficient (Wildman–Crippen LogP) is 3.67. The first kappa shape index (κ1) is 19.6. The second kappa shape index (κ2) is 10.4. The van der Waals surface area contributed by atoms with Gasteiger partial charge < -0.3 is 10.2 Å². The van der Waals surface area contributed by atoms with Crippen LogP contribution in [0.5, 0.6) is 0 Å². The molecule has 0 heterocycles. The summed E-state index contributed by atoms with van der Waals surface area (Å²) in [5, 5.41) is 3.20. The lowest BCUT2D eigenvalue weighted by Crippen LogP contribution is -2.36. The third-order valence-electron chi connectivity index (χ3n) is 2.64. The molecule has 0 unspecified atom stereocenters. The van der Waals surface area contributed by atoms with Crippen molar-refractivity contribution in [3.8, 4) is 0 Å². The first-order valence-corrected chi connectivity index (χ1v) is 7.23. The van der Waals surface area contributed by atoms with Gasteiger partial charge in [-0.3, -0.25) is 4.99 Å². The molecule has 0 fully saturated rings. The van der Waals surface area contributed by atoms with Gasteiger partial charge >= 0.3 is 0 Å². The molecule has 6 heteroatoms. The molecule has 0 bridgehead atoms. The number of guanidine groups is 1. The minimum atomic E-state index is -0.155. The van der Waals surface area contributed by atoms with E-state index in [4.69, 9.17) is 0 Å². The monoisotopic (exact) mass is 457 g/mol. The van der Waals surface area contributed by atoms with Crippen LogP contribution in [0.1, 0.15) is 18.9 Å². The van der Waals surface area contributed by atoms with E-state index in [0.717, 1.165) is 29.0 Å². The van der Waals surface area contributed by atoms with Gasteiger partial charge in [-0.05, 0) is 37.5 Å². The molecular formula is C14H22BrFIN3. The summed E-state index contributed by atoms with van der Waals surface area (Å²) in [7, 11) is 3.91. The SMILES string of the molecule is CCNC(=NCCCc1ccc(Br)cc1F)N(C)C.I. The van der Waals surface area contributed by atoms with Gasteiger partial charge in [-0.1, -0.05) is 22.0 Å². The van der Waals surface area contributed by atoms with E-state index in [1.807, 2.05) is 38.1 Å². The number of aliphatic imine (C=N–C) groups is 1. The van der Waals surface area contributed by atoms with Gasteiger partial charge in [-0.15, -0.1) is 24.0 Å². The Balaban J connectivity index is 0.00000361. The average Bonchev–Trinajstić information content (AvgIpc) is 2.35. The topological polar surface area (TPSA) is 27.6 Å². The Morgan fingerprint density at radius 3 is 2.65 bits per heavy atom. The van der Waals surface area contributed by atoms with E-state index in [2.05, 4.69) is 26.2 Å². The molecule has 1 rings (SSSR count). The molecule has 20 heavy (non-hydrogen) atoms. The molecule has 114 valence electrons. The van der Waals surface area contributed by atoms with Gasteiger partial charge in [0.2, 0.25) is 0 Å². The number of hydrogen-bond acceptors (Lipinski definition) is 1. The van der Waals surface area contributed by atoms with E-state index < -0.39 is 0 Å². The van der Waals surface area contributed by atoms with Gasteiger partial charge in [-0.2, -0.15) is 0 Å². The Morgan fingerprint density at radius 2 is 2.10 bits per heavy atom. The molecule has 0 aliphatic heterocycles. The first-order valence-electron chi connectivity index (χ1n) is 6.44. The van der Waals surface area contributed by atoms with Crippen molar-refractivity contribution >= 4 is 45.9 Å². The van der Waals surface area contributed by atoms with Crippen molar-refractivity contribution < 1.29 is 4.39 Å². The van der Waals surface area contributed by atoms with Crippen LogP contribution in [0.2, 0.25) is 0 Å². The fourth-order valence-electron chi connectivity index (χ4n) is 1.69. The van der Waals surface area contributed by atoms with Crippen molar-refractivity contribution in [1.82, 2.24) is 10.2 Å². The quantitative estimate of drug-likeness (QED) is 0.316. The van der Waals surface area contributed by atoms with Crippen LogP contribution in [0.4, 0.5) is 4.39 Å². The highest BCUT2D eigenvalue weighted by Gasteiger charge is 2.03. The maximum atomic E-state index is 13.6. The largest absolute Gasteiger partial charge is 0.357 e. The van der Waals surface area contributed by atoms with Crippen molar-refractivity contribution in [2.75, 3.05) is 27.2 Å². The van der Waals surface area contributed by atoms with E-state index in [1.54, 1.807) is 0 Å². The number of benzene rings is 1. The summed E-state index contributed by atoms with van der Waals surface area (Å²) in [5.74, 6) is 0.719. The zero-order valence-electron chi connectivity index (χ0n) is 12.1. The minimum absolute atomic E-state index is 0. The second-order valence-electron chi connectivity index (χ2n) is 4.47. The molecule has 0 amide bonds. The fourth-order valence-corrected chi connectivity index (χ4v) is 2.03. The molecule has 0 atom stereocenters. The highest BCUT2D eigenvalue weighted by atomic mass is 127. The lowest BCUT2D eigenvalue weighted by atomic mass is 10.1. The van der Waals surface area contributed by atoms with Crippen LogP contribution in [-0.4, -0.2) is 38.0 Å². The number of nitrogens with zero attached hydrogens (tertiary/aromatic N) is 2. The molecule has 0 radical (unpaired) electrons. The van der Waals surface area contributed by atoms with E-state index in [-0.39, 0.29) is 29.8 Å². The summed E-state index contributed by atoms with van der Waals surface area (Å²) in [5.41, 5.74) is 0.744. The average molecular weight is 458 g/mol. The molecule has 0 aliphatic rings. The molecule has 3 nitrogen and oxygen atoms in total. The number of rotatable bonds is 5.